The molecule has 0 aliphatic heterocycles. The number of nitrogens with one attached hydrogen (secondary N) is 1. The van der Waals surface area contributed by atoms with Crippen molar-refractivity contribution in [1.82, 2.24) is 0 Å². The molecule has 2 aromatic rings. The Morgan fingerprint density at radius 2 is 1.79 bits per heavy atom. The first-order valence-electron chi connectivity index (χ1n) is 6.78. The van der Waals surface area contributed by atoms with Gasteiger partial charge in [-0.1, -0.05) is 22.0 Å². The number of carbonyl (C=O) groups excluding carboxylic acids is 2. The van der Waals surface area contributed by atoms with Crippen molar-refractivity contribution >= 4 is 43.3 Å². The predicted octanol–water partition coefficient (Wildman–Crippen LogP) is 2.65. The molecule has 0 atom stereocenters. The Labute approximate surface area is 147 Å². The maximum absolute atomic E-state index is 11.9. The van der Waals surface area contributed by atoms with Gasteiger partial charge in [0.1, 0.15) is 0 Å². The lowest BCUT2D eigenvalue weighted by Crippen LogP contribution is -2.20. The van der Waals surface area contributed by atoms with Crippen LogP contribution in [-0.2, 0) is 19.4 Å². The summed E-state index contributed by atoms with van der Waals surface area (Å²) in [5.74, 6) is -1.19. The average Bonchev–Trinajstić information content (AvgIpc) is 2.52. The Morgan fingerprint density at radius 3 is 2.38 bits per heavy atom. The quantitative estimate of drug-likeness (QED) is 0.763. The van der Waals surface area contributed by atoms with Gasteiger partial charge in [-0.25, -0.2) is 13.2 Å². The molecule has 0 radical (unpaired) electrons. The maximum Gasteiger partial charge on any atom is 0.338 e. The Balaban J connectivity index is 1.92. The number of rotatable bonds is 5. The van der Waals surface area contributed by atoms with Crippen LogP contribution in [0, 0.1) is 0 Å². The van der Waals surface area contributed by atoms with Gasteiger partial charge in [0.25, 0.3) is 5.91 Å². The van der Waals surface area contributed by atoms with Crippen molar-refractivity contribution in [3.8, 4) is 0 Å². The standard InChI is InChI=1S/C16H14BrNO5S/c1-24(21,22)14-7-5-11(6-8-14)16(20)23-10-15(19)18-13-4-2-3-12(17)9-13/h2-9H,10H2,1H3,(H,18,19). The summed E-state index contributed by atoms with van der Waals surface area (Å²) in [6.45, 7) is -0.445. The largest absolute Gasteiger partial charge is 0.452 e. The number of hydrogen-bond acceptors (Lipinski definition) is 5. The number of ether oxygens (including phenoxy) is 1. The van der Waals surface area contributed by atoms with Crippen molar-refractivity contribution in [2.24, 2.45) is 0 Å². The van der Waals surface area contributed by atoms with E-state index in [1.807, 2.05) is 6.07 Å². The smallest absolute Gasteiger partial charge is 0.338 e. The molecule has 2 rings (SSSR count). The second kappa shape index (κ2) is 7.59. The topological polar surface area (TPSA) is 89.5 Å². The molecule has 0 spiro atoms. The lowest BCUT2D eigenvalue weighted by atomic mass is 10.2. The third-order valence-electron chi connectivity index (χ3n) is 2.96. The Kier molecular flexibility index (Phi) is 5.74. The molecule has 0 heterocycles. The molecule has 0 aliphatic rings. The van der Waals surface area contributed by atoms with Crippen LogP contribution in [0.2, 0.25) is 0 Å². The molecule has 24 heavy (non-hydrogen) atoms. The van der Waals surface area contributed by atoms with Crippen molar-refractivity contribution < 1.29 is 22.7 Å². The molecule has 1 N–H and O–H groups in total. The number of hydrogen-bond donors (Lipinski definition) is 1. The van der Waals surface area contributed by atoms with Crippen LogP contribution in [0.15, 0.2) is 57.9 Å². The van der Waals surface area contributed by atoms with E-state index in [-0.39, 0.29) is 10.5 Å². The number of anilines is 1. The normalized spacial score (nSPS) is 10.9. The van der Waals surface area contributed by atoms with E-state index in [4.69, 9.17) is 4.74 Å². The molecular formula is C16H14BrNO5S. The van der Waals surface area contributed by atoms with E-state index in [2.05, 4.69) is 21.2 Å². The zero-order chi connectivity index (χ0) is 17.7. The third-order valence-corrected chi connectivity index (χ3v) is 4.58. The van der Waals surface area contributed by atoms with E-state index in [1.54, 1.807) is 18.2 Å². The van der Waals surface area contributed by atoms with E-state index >= 15 is 0 Å². The fraction of sp³-hybridized carbons (Fsp3) is 0.125. The lowest BCUT2D eigenvalue weighted by Gasteiger charge is -2.07. The molecule has 2 aromatic carbocycles. The van der Waals surface area contributed by atoms with Crippen LogP contribution in [-0.4, -0.2) is 33.2 Å². The zero-order valence-corrected chi connectivity index (χ0v) is 15.1. The molecule has 0 unspecified atom stereocenters. The summed E-state index contributed by atoms with van der Waals surface area (Å²) >= 11 is 3.29. The molecule has 6 nitrogen and oxygen atoms in total. The third kappa shape index (κ3) is 5.17. The van der Waals surface area contributed by atoms with Crippen molar-refractivity contribution in [1.29, 1.82) is 0 Å². The average molecular weight is 412 g/mol. The van der Waals surface area contributed by atoms with Gasteiger partial charge in [0.05, 0.1) is 10.5 Å². The first-order valence-corrected chi connectivity index (χ1v) is 9.47. The van der Waals surface area contributed by atoms with Crippen LogP contribution in [0.5, 0.6) is 0 Å². The van der Waals surface area contributed by atoms with Crippen LogP contribution in [0.25, 0.3) is 0 Å². The van der Waals surface area contributed by atoms with E-state index in [0.717, 1.165) is 10.7 Å². The maximum atomic E-state index is 11.9. The number of halogens is 1. The molecule has 0 bridgehead atoms. The molecule has 8 heteroatoms. The summed E-state index contributed by atoms with van der Waals surface area (Å²) in [7, 11) is -3.33. The first kappa shape index (κ1) is 18.2. The van der Waals surface area contributed by atoms with Gasteiger partial charge in [0.2, 0.25) is 0 Å². The van der Waals surface area contributed by atoms with E-state index in [0.29, 0.717) is 5.69 Å². The van der Waals surface area contributed by atoms with Crippen LogP contribution in [0.3, 0.4) is 0 Å². The van der Waals surface area contributed by atoms with E-state index < -0.39 is 28.3 Å². The summed E-state index contributed by atoms with van der Waals surface area (Å²) < 4.78 is 28.4. The zero-order valence-electron chi connectivity index (χ0n) is 12.7. The molecule has 0 fully saturated rings. The molecule has 0 saturated carbocycles. The number of carbonyl (C=O) groups is 2. The molecule has 1 amide bonds. The highest BCUT2D eigenvalue weighted by Gasteiger charge is 2.12. The van der Waals surface area contributed by atoms with Gasteiger partial charge in [-0.2, -0.15) is 0 Å². The fourth-order valence-electron chi connectivity index (χ4n) is 1.82. The minimum absolute atomic E-state index is 0.103. The number of amides is 1. The number of benzene rings is 2. The summed E-state index contributed by atoms with van der Waals surface area (Å²) in [5, 5.41) is 2.59. The second-order valence-corrected chi connectivity index (χ2v) is 7.86. The summed E-state index contributed by atoms with van der Waals surface area (Å²) in [4.78, 5) is 23.7. The minimum atomic E-state index is -3.33. The SMILES string of the molecule is CS(=O)(=O)c1ccc(C(=O)OCC(=O)Nc2cccc(Br)c2)cc1. The Morgan fingerprint density at radius 1 is 1.12 bits per heavy atom. The molecule has 0 aliphatic carbocycles. The van der Waals surface area contributed by atoms with Crippen LogP contribution < -0.4 is 5.32 Å². The van der Waals surface area contributed by atoms with Crippen LogP contribution in [0.1, 0.15) is 10.4 Å². The second-order valence-electron chi connectivity index (χ2n) is 4.93. The number of esters is 1. The van der Waals surface area contributed by atoms with Crippen LogP contribution >= 0.6 is 15.9 Å². The predicted molar refractivity (Wildman–Crippen MR) is 92.6 cm³/mol. The highest BCUT2D eigenvalue weighted by molar-refractivity contribution is 9.10. The Hall–Kier alpha value is -2.19. The van der Waals surface area contributed by atoms with Gasteiger partial charge >= 0.3 is 5.97 Å². The summed E-state index contributed by atoms with van der Waals surface area (Å²) in [6.07, 6.45) is 1.08. The minimum Gasteiger partial charge on any atom is -0.452 e. The first-order chi connectivity index (χ1) is 11.3. The van der Waals surface area contributed by atoms with E-state index in [1.165, 1.54) is 24.3 Å². The van der Waals surface area contributed by atoms with Crippen molar-refractivity contribution in [2.75, 3.05) is 18.2 Å². The molecule has 126 valence electrons. The Bertz CT molecular complexity index is 862. The fourth-order valence-corrected chi connectivity index (χ4v) is 2.85. The lowest BCUT2D eigenvalue weighted by molar-refractivity contribution is -0.119. The van der Waals surface area contributed by atoms with Crippen molar-refractivity contribution in [2.45, 2.75) is 4.90 Å². The van der Waals surface area contributed by atoms with Gasteiger partial charge in [-0.3, -0.25) is 4.79 Å². The molecular weight excluding hydrogens is 398 g/mol. The molecule has 0 saturated heterocycles. The summed E-state index contributed by atoms with van der Waals surface area (Å²) in [5.41, 5.74) is 0.737. The van der Waals surface area contributed by atoms with Gasteiger partial charge in [0, 0.05) is 16.4 Å². The highest BCUT2D eigenvalue weighted by atomic mass is 79.9. The van der Waals surface area contributed by atoms with E-state index in [9.17, 15) is 18.0 Å². The van der Waals surface area contributed by atoms with Gasteiger partial charge < -0.3 is 10.1 Å². The number of sulfone groups is 1. The van der Waals surface area contributed by atoms with Gasteiger partial charge in [-0.05, 0) is 42.5 Å². The monoisotopic (exact) mass is 411 g/mol. The van der Waals surface area contributed by atoms with Gasteiger partial charge in [0.15, 0.2) is 16.4 Å². The van der Waals surface area contributed by atoms with Crippen molar-refractivity contribution in [3.63, 3.8) is 0 Å². The molecule has 0 aromatic heterocycles. The highest BCUT2D eigenvalue weighted by Crippen LogP contribution is 2.15. The summed E-state index contributed by atoms with van der Waals surface area (Å²) in [6, 6.07) is 12.3. The van der Waals surface area contributed by atoms with Gasteiger partial charge in [-0.15, -0.1) is 0 Å². The van der Waals surface area contributed by atoms with Crippen molar-refractivity contribution in [3.05, 3.63) is 58.6 Å². The van der Waals surface area contributed by atoms with Crippen LogP contribution in [0.4, 0.5) is 5.69 Å².